The highest BCUT2D eigenvalue weighted by atomic mass is 32.2. The molecule has 2 aromatic heterocycles. The largest absolute Gasteiger partial charge is 0.494 e. The number of nitrogens with one attached hydrogen (secondary N) is 1. The van der Waals surface area contributed by atoms with Gasteiger partial charge in [-0.2, -0.15) is 9.61 Å². The molecule has 0 bridgehead atoms. The Labute approximate surface area is 182 Å². The van der Waals surface area contributed by atoms with Crippen LogP contribution in [-0.2, 0) is 4.79 Å². The van der Waals surface area contributed by atoms with Gasteiger partial charge in [-0.25, -0.2) is 4.39 Å². The van der Waals surface area contributed by atoms with E-state index in [1.54, 1.807) is 35.7 Å². The van der Waals surface area contributed by atoms with Gasteiger partial charge in [-0.05, 0) is 67.9 Å². The summed E-state index contributed by atoms with van der Waals surface area (Å²) in [4.78, 5) is 12.2. The van der Waals surface area contributed by atoms with Crippen molar-refractivity contribution in [3.05, 3.63) is 66.0 Å². The first-order valence-electron chi connectivity index (χ1n) is 9.68. The van der Waals surface area contributed by atoms with Gasteiger partial charge < -0.3 is 10.1 Å². The molecule has 0 spiro atoms. The van der Waals surface area contributed by atoms with Crippen molar-refractivity contribution in [2.75, 3.05) is 17.7 Å². The van der Waals surface area contributed by atoms with Gasteiger partial charge in [0.15, 0.2) is 11.5 Å². The number of aromatic nitrogens is 4. The number of halogens is 1. The van der Waals surface area contributed by atoms with Crippen LogP contribution in [0.15, 0.2) is 59.6 Å². The molecule has 2 aromatic carbocycles. The molecule has 0 aliphatic carbocycles. The lowest BCUT2D eigenvalue weighted by atomic mass is 10.2. The quantitative estimate of drug-likeness (QED) is 0.433. The number of thioether (sulfide) groups is 1. The summed E-state index contributed by atoms with van der Waals surface area (Å²) in [7, 11) is 0. The van der Waals surface area contributed by atoms with Crippen LogP contribution in [0.4, 0.5) is 10.1 Å². The maximum absolute atomic E-state index is 13.6. The number of nitrogens with zero attached hydrogens (tertiary/aromatic N) is 4. The van der Waals surface area contributed by atoms with E-state index in [9.17, 15) is 9.18 Å². The second-order valence-electron chi connectivity index (χ2n) is 6.72. The number of carbonyl (C=O) groups excluding carboxylic acids is 1. The minimum Gasteiger partial charge on any atom is -0.494 e. The van der Waals surface area contributed by atoms with Crippen LogP contribution in [0, 0.1) is 12.7 Å². The third kappa shape index (κ3) is 4.83. The molecule has 4 rings (SSSR count). The molecule has 4 aromatic rings. The Morgan fingerprint density at radius 2 is 1.94 bits per heavy atom. The van der Waals surface area contributed by atoms with E-state index in [0.717, 1.165) is 11.3 Å². The van der Waals surface area contributed by atoms with Crippen LogP contribution in [0.3, 0.4) is 0 Å². The highest BCUT2D eigenvalue weighted by molar-refractivity contribution is 7.99. The summed E-state index contributed by atoms with van der Waals surface area (Å²) < 4.78 is 20.8. The maximum Gasteiger partial charge on any atom is 0.234 e. The van der Waals surface area contributed by atoms with Crippen molar-refractivity contribution in [3.63, 3.8) is 0 Å². The van der Waals surface area contributed by atoms with E-state index in [-0.39, 0.29) is 17.5 Å². The molecule has 0 fully saturated rings. The van der Waals surface area contributed by atoms with Crippen LogP contribution in [0.25, 0.3) is 17.0 Å². The van der Waals surface area contributed by atoms with Gasteiger partial charge in [0.05, 0.1) is 12.4 Å². The summed E-state index contributed by atoms with van der Waals surface area (Å²) in [5, 5.41) is 16.3. The summed E-state index contributed by atoms with van der Waals surface area (Å²) in [6, 6.07) is 15.7. The molecule has 7 nitrogen and oxygen atoms in total. The number of anilines is 1. The third-order valence-corrected chi connectivity index (χ3v) is 5.39. The van der Waals surface area contributed by atoms with E-state index >= 15 is 0 Å². The minimum atomic E-state index is -0.355. The van der Waals surface area contributed by atoms with Gasteiger partial charge in [0.25, 0.3) is 0 Å². The second kappa shape index (κ2) is 9.13. The number of hydrogen-bond acceptors (Lipinski definition) is 6. The predicted molar refractivity (Wildman–Crippen MR) is 118 cm³/mol. The monoisotopic (exact) mass is 437 g/mol. The van der Waals surface area contributed by atoms with E-state index in [1.807, 2.05) is 31.2 Å². The lowest BCUT2D eigenvalue weighted by molar-refractivity contribution is -0.113. The number of aryl methyl sites for hydroxylation is 1. The van der Waals surface area contributed by atoms with Crippen molar-refractivity contribution in [1.29, 1.82) is 0 Å². The van der Waals surface area contributed by atoms with Gasteiger partial charge in [-0.1, -0.05) is 17.8 Å². The first-order valence-corrected chi connectivity index (χ1v) is 10.7. The lowest BCUT2D eigenvalue weighted by Crippen LogP contribution is -2.14. The van der Waals surface area contributed by atoms with Crippen molar-refractivity contribution in [3.8, 4) is 17.1 Å². The fourth-order valence-electron chi connectivity index (χ4n) is 2.90. The Morgan fingerprint density at radius 3 is 2.68 bits per heavy atom. The predicted octanol–water partition coefficient (Wildman–Crippen LogP) is 4.37. The molecule has 1 N–H and O–H groups in total. The third-order valence-electron chi connectivity index (χ3n) is 4.47. The molecule has 0 saturated heterocycles. The maximum atomic E-state index is 13.6. The topological polar surface area (TPSA) is 81.4 Å². The van der Waals surface area contributed by atoms with Crippen molar-refractivity contribution in [1.82, 2.24) is 19.8 Å². The Bertz CT molecular complexity index is 1230. The Hall–Kier alpha value is -3.46. The minimum absolute atomic E-state index is 0.133. The smallest absolute Gasteiger partial charge is 0.234 e. The standard InChI is InChI=1S/C22H20FN5O2S/c1-3-30-17-8-5-15(6-9-17)22-26-25-19-10-11-21(27-28(19)22)31-13-20(29)24-16-7-4-14(2)18(23)12-16/h4-12H,3,13H2,1-2H3,(H,24,29). The van der Waals surface area contributed by atoms with E-state index in [2.05, 4.69) is 20.6 Å². The second-order valence-corrected chi connectivity index (χ2v) is 7.72. The number of carbonyl (C=O) groups is 1. The van der Waals surface area contributed by atoms with Crippen LogP contribution < -0.4 is 10.1 Å². The zero-order chi connectivity index (χ0) is 21.8. The zero-order valence-electron chi connectivity index (χ0n) is 17.0. The van der Waals surface area contributed by atoms with E-state index in [1.165, 1.54) is 17.8 Å². The molecular formula is C22H20FN5O2S. The van der Waals surface area contributed by atoms with E-state index in [0.29, 0.717) is 34.4 Å². The highest BCUT2D eigenvalue weighted by Crippen LogP contribution is 2.23. The number of rotatable bonds is 7. The molecule has 0 radical (unpaired) electrons. The summed E-state index contributed by atoms with van der Waals surface area (Å²) in [5.41, 5.74) is 2.41. The average molecular weight is 438 g/mol. The number of hydrogen-bond donors (Lipinski definition) is 1. The molecule has 0 atom stereocenters. The summed E-state index contributed by atoms with van der Waals surface area (Å²) >= 11 is 1.27. The molecule has 0 aliphatic rings. The first-order chi connectivity index (χ1) is 15.0. The van der Waals surface area contributed by atoms with Crippen molar-refractivity contribution in [2.24, 2.45) is 0 Å². The molecule has 158 valence electrons. The van der Waals surface area contributed by atoms with Gasteiger partial charge >= 0.3 is 0 Å². The Kier molecular flexibility index (Phi) is 6.13. The molecule has 2 heterocycles. The number of amides is 1. The van der Waals surface area contributed by atoms with Gasteiger partial charge in [-0.15, -0.1) is 10.2 Å². The normalized spacial score (nSPS) is 10.9. The van der Waals surface area contributed by atoms with Gasteiger partial charge in [0.1, 0.15) is 16.6 Å². The lowest BCUT2D eigenvalue weighted by Gasteiger charge is -2.07. The number of fused-ring (bicyclic) bond motifs is 1. The van der Waals surface area contributed by atoms with Gasteiger partial charge in [0.2, 0.25) is 5.91 Å². The summed E-state index contributed by atoms with van der Waals surface area (Å²) in [6.45, 7) is 4.20. The van der Waals surface area contributed by atoms with Crippen LogP contribution in [0.5, 0.6) is 5.75 Å². The summed E-state index contributed by atoms with van der Waals surface area (Å²) in [6.07, 6.45) is 0. The van der Waals surface area contributed by atoms with Gasteiger partial charge in [0, 0.05) is 11.3 Å². The van der Waals surface area contributed by atoms with E-state index < -0.39 is 0 Å². The molecule has 9 heteroatoms. The van der Waals surface area contributed by atoms with E-state index in [4.69, 9.17) is 4.74 Å². The molecule has 0 unspecified atom stereocenters. The van der Waals surface area contributed by atoms with Crippen molar-refractivity contribution >= 4 is 29.0 Å². The first kappa shape index (κ1) is 20.8. The fraction of sp³-hybridized carbons (Fsp3) is 0.182. The molecule has 1 amide bonds. The number of ether oxygens (including phenoxy) is 1. The number of benzene rings is 2. The van der Waals surface area contributed by atoms with Crippen LogP contribution in [0.2, 0.25) is 0 Å². The highest BCUT2D eigenvalue weighted by Gasteiger charge is 2.12. The van der Waals surface area contributed by atoms with Gasteiger partial charge in [-0.3, -0.25) is 4.79 Å². The average Bonchev–Trinajstić information content (AvgIpc) is 3.19. The van der Waals surface area contributed by atoms with Crippen LogP contribution >= 0.6 is 11.8 Å². The van der Waals surface area contributed by atoms with Crippen LogP contribution in [-0.4, -0.2) is 38.1 Å². The SMILES string of the molecule is CCOc1ccc(-c2nnc3ccc(SCC(=O)Nc4ccc(C)c(F)c4)nn23)cc1. The Balaban J connectivity index is 1.46. The van der Waals surface area contributed by atoms with Crippen molar-refractivity contribution in [2.45, 2.75) is 18.9 Å². The Morgan fingerprint density at radius 1 is 1.13 bits per heavy atom. The molecular weight excluding hydrogens is 417 g/mol. The fourth-order valence-corrected chi connectivity index (χ4v) is 3.56. The van der Waals surface area contributed by atoms with Crippen LogP contribution in [0.1, 0.15) is 12.5 Å². The molecule has 31 heavy (non-hydrogen) atoms. The molecule has 0 saturated carbocycles. The zero-order valence-corrected chi connectivity index (χ0v) is 17.8. The summed E-state index contributed by atoms with van der Waals surface area (Å²) in [5.74, 6) is 0.913. The van der Waals surface area contributed by atoms with Crippen molar-refractivity contribution < 1.29 is 13.9 Å². The molecule has 0 aliphatic heterocycles.